The molecule has 0 fully saturated rings. The van der Waals surface area contributed by atoms with Gasteiger partial charge in [-0.05, 0) is 74.2 Å². The first-order chi connectivity index (χ1) is 17.5. The quantitative estimate of drug-likeness (QED) is 0.273. The van der Waals surface area contributed by atoms with Gasteiger partial charge in [-0.15, -0.1) is 0 Å². The lowest BCUT2D eigenvalue weighted by Gasteiger charge is -2.32. The van der Waals surface area contributed by atoms with E-state index in [-0.39, 0.29) is 31.0 Å². The molecule has 0 aromatic heterocycles. The van der Waals surface area contributed by atoms with Gasteiger partial charge < -0.3 is 15.0 Å². The van der Waals surface area contributed by atoms with E-state index in [4.69, 9.17) is 27.9 Å². The van der Waals surface area contributed by atoms with Crippen LogP contribution in [0.3, 0.4) is 0 Å². The Morgan fingerprint density at radius 1 is 1.00 bits per heavy atom. The van der Waals surface area contributed by atoms with E-state index < -0.39 is 6.04 Å². The van der Waals surface area contributed by atoms with Gasteiger partial charge in [-0.25, -0.2) is 0 Å². The summed E-state index contributed by atoms with van der Waals surface area (Å²) < 4.78 is 6.91. The van der Waals surface area contributed by atoms with Gasteiger partial charge in [0.25, 0.3) is 5.91 Å². The highest BCUT2D eigenvalue weighted by atomic mass is 79.9. The van der Waals surface area contributed by atoms with Gasteiger partial charge >= 0.3 is 0 Å². The summed E-state index contributed by atoms with van der Waals surface area (Å²) in [5.41, 5.74) is 3.63. The lowest BCUT2D eigenvalue weighted by Crippen LogP contribution is -2.52. The second-order valence-electron chi connectivity index (χ2n) is 9.29. The van der Waals surface area contributed by atoms with Crippen molar-refractivity contribution >= 4 is 50.9 Å². The fourth-order valence-corrected chi connectivity index (χ4v) is 4.68. The van der Waals surface area contributed by atoms with E-state index in [1.54, 1.807) is 23.1 Å². The number of nitrogens with one attached hydrogen (secondary N) is 1. The standard InChI is InChI=1S/C29H31BrCl2N2O3/c1-18(2)33-29(36)26(14-21-8-6-5-7-9-21)34(16-22-10-11-23(31)15-25(22)32)27(35)17-37-24-12-19(3)28(30)20(4)13-24/h5-13,15,18,26H,14,16-17H2,1-4H3,(H,33,36). The zero-order valence-electron chi connectivity index (χ0n) is 21.4. The van der Waals surface area contributed by atoms with Crippen LogP contribution < -0.4 is 10.1 Å². The van der Waals surface area contributed by atoms with Crippen LogP contribution >= 0.6 is 39.1 Å². The molecule has 0 aliphatic rings. The molecule has 0 saturated heterocycles. The molecule has 0 aliphatic carbocycles. The van der Waals surface area contributed by atoms with Crippen LogP contribution in [-0.2, 0) is 22.6 Å². The number of benzene rings is 3. The van der Waals surface area contributed by atoms with E-state index in [0.29, 0.717) is 27.8 Å². The molecule has 0 heterocycles. The number of carbonyl (C=O) groups excluding carboxylic acids is 2. The summed E-state index contributed by atoms with van der Waals surface area (Å²) in [7, 11) is 0. The summed E-state index contributed by atoms with van der Waals surface area (Å²) in [4.78, 5) is 28.7. The SMILES string of the molecule is Cc1cc(OCC(=O)N(Cc2ccc(Cl)cc2Cl)C(Cc2ccccc2)C(=O)NC(C)C)cc(C)c1Br. The van der Waals surface area contributed by atoms with Gasteiger partial charge in [-0.3, -0.25) is 9.59 Å². The molecule has 0 spiro atoms. The third kappa shape index (κ3) is 8.22. The van der Waals surface area contributed by atoms with Crippen LogP contribution in [-0.4, -0.2) is 35.4 Å². The van der Waals surface area contributed by atoms with Crippen molar-refractivity contribution < 1.29 is 14.3 Å². The summed E-state index contributed by atoms with van der Waals surface area (Å²) >= 11 is 16.1. The van der Waals surface area contributed by atoms with Crippen molar-refractivity contribution in [3.63, 3.8) is 0 Å². The molecule has 3 rings (SSSR count). The molecular weight excluding hydrogens is 575 g/mol. The number of carbonyl (C=O) groups is 2. The Labute approximate surface area is 237 Å². The molecule has 3 aromatic carbocycles. The van der Waals surface area contributed by atoms with E-state index in [9.17, 15) is 9.59 Å². The maximum atomic E-state index is 13.7. The molecule has 1 N–H and O–H groups in total. The molecule has 5 nitrogen and oxygen atoms in total. The van der Waals surface area contributed by atoms with Crippen LogP contribution in [0.15, 0.2) is 65.1 Å². The summed E-state index contributed by atoms with van der Waals surface area (Å²) in [6.07, 6.45) is 0.340. The molecule has 8 heteroatoms. The Balaban J connectivity index is 1.95. The van der Waals surface area contributed by atoms with Gasteiger partial charge in [0.2, 0.25) is 5.91 Å². The fraction of sp³-hybridized carbons (Fsp3) is 0.310. The monoisotopic (exact) mass is 604 g/mol. The Kier molecular flexibility index (Phi) is 10.4. The van der Waals surface area contributed by atoms with Crippen molar-refractivity contribution in [3.05, 3.63) is 97.4 Å². The van der Waals surface area contributed by atoms with Crippen molar-refractivity contribution in [1.29, 1.82) is 0 Å². The van der Waals surface area contributed by atoms with E-state index in [1.165, 1.54) is 0 Å². The molecule has 0 bridgehead atoms. The molecule has 0 saturated carbocycles. The largest absolute Gasteiger partial charge is 0.484 e. The topological polar surface area (TPSA) is 58.6 Å². The number of ether oxygens (including phenoxy) is 1. The van der Waals surface area contributed by atoms with Crippen LogP contribution in [0.5, 0.6) is 5.75 Å². The fourth-order valence-electron chi connectivity index (χ4n) is 3.99. The lowest BCUT2D eigenvalue weighted by molar-refractivity contribution is -0.143. The van der Waals surface area contributed by atoms with Crippen LogP contribution in [0.25, 0.3) is 0 Å². The number of nitrogens with zero attached hydrogens (tertiary/aromatic N) is 1. The summed E-state index contributed by atoms with van der Waals surface area (Å²) in [6, 6.07) is 17.6. The Hall–Kier alpha value is -2.54. The molecule has 1 unspecified atom stereocenters. The predicted octanol–water partition coefficient (Wildman–Crippen LogP) is 6.92. The Bertz CT molecular complexity index is 1230. The minimum absolute atomic E-state index is 0.0909. The molecule has 0 radical (unpaired) electrons. The first-order valence-electron chi connectivity index (χ1n) is 12.0. The molecular formula is C29H31BrCl2N2O3. The minimum atomic E-state index is -0.777. The smallest absolute Gasteiger partial charge is 0.261 e. The minimum Gasteiger partial charge on any atom is -0.484 e. The van der Waals surface area contributed by atoms with Crippen LogP contribution in [0.2, 0.25) is 10.0 Å². The average Bonchev–Trinajstić information content (AvgIpc) is 2.84. The van der Waals surface area contributed by atoms with Crippen LogP contribution in [0, 0.1) is 13.8 Å². The average molecular weight is 606 g/mol. The van der Waals surface area contributed by atoms with Crippen molar-refractivity contribution in [2.45, 2.75) is 52.7 Å². The van der Waals surface area contributed by atoms with Crippen molar-refractivity contribution in [3.8, 4) is 5.75 Å². The van der Waals surface area contributed by atoms with Gasteiger partial charge in [0.05, 0.1) is 0 Å². The molecule has 2 amide bonds. The van der Waals surface area contributed by atoms with Crippen molar-refractivity contribution in [2.24, 2.45) is 0 Å². The van der Waals surface area contributed by atoms with E-state index in [2.05, 4.69) is 21.2 Å². The normalized spacial score (nSPS) is 11.8. The van der Waals surface area contributed by atoms with Crippen molar-refractivity contribution in [2.75, 3.05) is 6.61 Å². The Morgan fingerprint density at radius 2 is 1.65 bits per heavy atom. The third-order valence-electron chi connectivity index (χ3n) is 5.83. The zero-order valence-corrected chi connectivity index (χ0v) is 24.5. The number of rotatable bonds is 10. The van der Waals surface area contributed by atoms with E-state index in [1.807, 2.05) is 70.2 Å². The highest BCUT2D eigenvalue weighted by Gasteiger charge is 2.31. The number of aryl methyl sites for hydroxylation is 2. The summed E-state index contributed by atoms with van der Waals surface area (Å²) in [5, 5.41) is 3.89. The van der Waals surface area contributed by atoms with Gasteiger partial charge in [0.15, 0.2) is 6.61 Å². The van der Waals surface area contributed by atoms with Crippen molar-refractivity contribution in [1.82, 2.24) is 10.2 Å². The van der Waals surface area contributed by atoms with Gasteiger partial charge in [0.1, 0.15) is 11.8 Å². The first kappa shape index (κ1) is 29.0. The number of amides is 2. The summed E-state index contributed by atoms with van der Waals surface area (Å²) in [6.45, 7) is 7.60. The van der Waals surface area contributed by atoms with E-state index in [0.717, 1.165) is 21.2 Å². The maximum absolute atomic E-state index is 13.7. The van der Waals surface area contributed by atoms with Gasteiger partial charge in [-0.1, -0.05) is 75.5 Å². The number of hydrogen-bond acceptors (Lipinski definition) is 3. The van der Waals surface area contributed by atoms with Gasteiger partial charge in [0, 0.05) is 33.5 Å². The summed E-state index contributed by atoms with van der Waals surface area (Å²) in [5.74, 6) is 0.0129. The highest BCUT2D eigenvalue weighted by Crippen LogP contribution is 2.27. The highest BCUT2D eigenvalue weighted by molar-refractivity contribution is 9.10. The van der Waals surface area contributed by atoms with E-state index >= 15 is 0 Å². The third-order valence-corrected chi connectivity index (χ3v) is 7.67. The second-order valence-corrected chi connectivity index (χ2v) is 10.9. The number of hydrogen-bond donors (Lipinski definition) is 1. The molecule has 3 aromatic rings. The predicted molar refractivity (Wildman–Crippen MR) is 153 cm³/mol. The lowest BCUT2D eigenvalue weighted by atomic mass is 10.0. The second kappa shape index (κ2) is 13.3. The molecule has 1 atom stereocenters. The number of halogens is 3. The first-order valence-corrected chi connectivity index (χ1v) is 13.6. The maximum Gasteiger partial charge on any atom is 0.261 e. The zero-order chi connectivity index (χ0) is 27.1. The van der Waals surface area contributed by atoms with Gasteiger partial charge in [-0.2, -0.15) is 0 Å². The molecule has 196 valence electrons. The Morgan fingerprint density at radius 3 is 2.24 bits per heavy atom. The molecule has 37 heavy (non-hydrogen) atoms. The van der Waals surface area contributed by atoms with Crippen LogP contribution in [0.1, 0.15) is 36.1 Å². The molecule has 0 aliphatic heterocycles. The van der Waals surface area contributed by atoms with Crippen LogP contribution in [0.4, 0.5) is 0 Å².